The Labute approximate surface area is 210 Å². The van der Waals surface area contributed by atoms with Crippen LogP contribution in [0.5, 0.6) is 0 Å². The van der Waals surface area contributed by atoms with Gasteiger partial charge in [-0.3, -0.25) is 0 Å². The van der Waals surface area contributed by atoms with Crippen LogP contribution in [0.15, 0.2) is 54.6 Å². The molecule has 0 bridgehead atoms. The van der Waals surface area contributed by atoms with Gasteiger partial charge in [0.2, 0.25) is 0 Å². The lowest BCUT2D eigenvalue weighted by atomic mass is 9.78. The largest absolute Gasteiger partial charge is 0.467 e. The molecule has 4 rings (SSSR count). The van der Waals surface area contributed by atoms with Crippen LogP contribution in [-0.2, 0) is 16.0 Å². The maximum Gasteiger partial charge on any atom is 0.328 e. The number of urea groups is 1. The number of thiocarbonyl (C=S) groups is 1. The first-order valence-electron chi connectivity index (χ1n) is 11.9. The summed E-state index contributed by atoms with van der Waals surface area (Å²) in [6.45, 7) is 2.77. The van der Waals surface area contributed by atoms with Crippen molar-refractivity contribution in [3.05, 3.63) is 66.0 Å². The average molecular weight is 499 g/mol. The van der Waals surface area contributed by atoms with Gasteiger partial charge in [-0.05, 0) is 54.6 Å². The van der Waals surface area contributed by atoms with E-state index in [0.29, 0.717) is 30.3 Å². The number of likely N-dealkylation sites (tertiary alicyclic amines) is 2. The molecule has 1 unspecified atom stereocenters. The van der Waals surface area contributed by atoms with Gasteiger partial charge in [0.1, 0.15) is 11.9 Å². The molecule has 1 atom stereocenters. The lowest BCUT2D eigenvalue weighted by molar-refractivity contribution is -0.142. The SMILES string of the molecule is COC(=O)C(Cc1ccccc1)NC(=O)N1CCC2(CCN(C(=S)Nc3ccccc3F)CC2)C1. The molecule has 2 aromatic carbocycles. The summed E-state index contributed by atoms with van der Waals surface area (Å²) in [6.07, 6.45) is 3.06. The number of benzene rings is 2. The van der Waals surface area contributed by atoms with Crippen molar-refractivity contribution in [1.29, 1.82) is 0 Å². The Hall–Kier alpha value is -3.20. The van der Waals surface area contributed by atoms with Crippen LogP contribution in [0.25, 0.3) is 0 Å². The Bertz CT molecular complexity index is 1060. The van der Waals surface area contributed by atoms with E-state index >= 15 is 0 Å². The number of hydrogen-bond acceptors (Lipinski definition) is 4. The first-order chi connectivity index (χ1) is 16.9. The maximum absolute atomic E-state index is 13.9. The minimum absolute atomic E-state index is 0.0294. The van der Waals surface area contributed by atoms with Crippen molar-refractivity contribution in [1.82, 2.24) is 15.1 Å². The van der Waals surface area contributed by atoms with Gasteiger partial charge in [-0.1, -0.05) is 42.5 Å². The Kier molecular flexibility index (Phi) is 7.85. The fourth-order valence-corrected chi connectivity index (χ4v) is 5.18. The predicted octanol–water partition coefficient (Wildman–Crippen LogP) is 3.80. The summed E-state index contributed by atoms with van der Waals surface area (Å²) in [7, 11) is 1.33. The zero-order chi connectivity index (χ0) is 24.8. The van der Waals surface area contributed by atoms with E-state index < -0.39 is 12.0 Å². The number of rotatable bonds is 5. The molecule has 186 valence electrons. The second-order valence-electron chi connectivity index (χ2n) is 9.28. The van der Waals surface area contributed by atoms with Gasteiger partial charge in [-0.25, -0.2) is 14.0 Å². The molecule has 35 heavy (non-hydrogen) atoms. The van der Waals surface area contributed by atoms with Crippen LogP contribution < -0.4 is 10.6 Å². The molecule has 2 aromatic rings. The lowest BCUT2D eigenvalue weighted by Crippen LogP contribution is -2.50. The normalized spacial score (nSPS) is 17.7. The van der Waals surface area contributed by atoms with Crippen molar-refractivity contribution < 1.29 is 18.7 Å². The Balaban J connectivity index is 1.30. The summed E-state index contributed by atoms with van der Waals surface area (Å²) < 4.78 is 18.9. The van der Waals surface area contributed by atoms with E-state index in [1.165, 1.54) is 13.2 Å². The molecule has 2 N–H and O–H groups in total. The van der Waals surface area contributed by atoms with Gasteiger partial charge in [0.15, 0.2) is 5.11 Å². The van der Waals surface area contributed by atoms with E-state index in [2.05, 4.69) is 15.5 Å². The number of ether oxygens (including phenoxy) is 1. The van der Waals surface area contributed by atoms with Crippen LogP contribution in [0, 0.1) is 11.2 Å². The Morgan fingerprint density at radius 1 is 1.03 bits per heavy atom. The number of nitrogens with zero attached hydrogens (tertiary/aromatic N) is 2. The number of hydrogen-bond donors (Lipinski definition) is 2. The molecule has 0 saturated carbocycles. The Morgan fingerprint density at radius 3 is 2.31 bits per heavy atom. The molecule has 0 radical (unpaired) electrons. The fourth-order valence-electron chi connectivity index (χ4n) is 4.88. The first-order valence-corrected chi connectivity index (χ1v) is 12.3. The van der Waals surface area contributed by atoms with Crippen molar-refractivity contribution >= 4 is 35.0 Å². The number of para-hydroxylation sites is 1. The average Bonchev–Trinajstić information content (AvgIpc) is 3.29. The molecule has 0 aromatic heterocycles. The molecular formula is C26H31FN4O3S. The van der Waals surface area contributed by atoms with Crippen LogP contribution in [-0.4, -0.2) is 66.2 Å². The molecule has 1 spiro atoms. The number of carbonyl (C=O) groups excluding carboxylic acids is 2. The van der Waals surface area contributed by atoms with Crippen LogP contribution >= 0.6 is 12.2 Å². The highest BCUT2D eigenvalue weighted by Gasteiger charge is 2.43. The van der Waals surface area contributed by atoms with Crippen LogP contribution in [0.1, 0.15) is 24.8 Å². The van der Waals surface area contributed by atoms with E-state index in [0.717, 1.165) is 37.9 Å². The topological polar surface area (TPSA) is 73.9 Å². The zero-order valence-corrected chi connectivity index (χ0v) is 20.7. The van der Waals surface area contributed by atoms with Gasteiger partial charge in [-0.2, -0.15) is 0 Å². The van der Waals surface area contributed by atoms with Crippen molar-refractivity contribution in [2.75, 3.05) is 38.6 Å². The fraction of sp³-hybridized carbons (Fsp3) is 0.423. The van der Waals surface area contributed by atoms with Gasteiger partial charge in [0.05, 0.1) is 12.8 Å². The third-order valence-corrected chi connectivity index (χ3v) is 7.38. The number of carbonyl (C=O) groups is 2. The smallest absolute Gasteiger partial charge is 0.328 e. The molecule has 0 aliphatic carbocycles. The van der Waals surface area contributed by atoms with E-state index in [9.17, 15) is 14.0 Å². The van der Waals surface area contributed by atoms with Crippen LogP contribution in [0.2, 0.25) is 0 Å². The summed E-state index contributed by atoms with van der Waals surface area (Å²) in [5, 5.41) is 6.40. The number of nitrogens with one attached hydrogen (secondary N) is 2. The molecule has 2 aliphatic rings. The van der Waals surface area contributed by atoms with Gasteiger partial charge in [0, 0.05) is 32.6 Å². The van der Waals surface area contributed by atoms with Gasteiger partial charge >= 0.3 is 12.0 Å². The molecule has 7 nitrogen and oxygen atoms in total. The van der Waals surface area contributed by atoms with Crippen molar-refractivity contribution in [3.63, 3.8) is 0 Å². The van der Waals surface area contributed by atoms with Gasteiger partial charge < -0.3 is 25.2 Å². The summed E-state index contributed by atoms with van der Waals surface area (Å²) in [5.74, 6) is -0.793. The number of halogens is 1. The molecule has 2 heterocycles. The van der Waals surface area contributed by atoms with E-state index in [-0.39, 0.29) is 17.3 Å². The Morgan fingerprint density at radius 2 is 1.66 bits per heavy atom. The van der Waals surface area contributed by atoms with E-state index in [1.807, 2.05) is 30.3 Å². The number of amides is 2. The van der Waals surface area contributed by atoms with Crippen molar-refractivity contribution in [2.24, 2.45) is 5.41 Å². The molecule has 2 aliphatic heterocycles. The van der Waals surface area contributed by atoms with Gasteiger partial charge in [0.25, 0.3) is 0 Å². The standard InChI is InChI=1S/C26H31FN4O3S/c1-34-23(32)22(17-19-7-3-2-4-8-19)28-24(33)31-16-13-26(18-31)11-14-30(15-12-26)25(35)29-21-10-6-5-9-20(21)27/h2-10,22H,11-18H2,1H3,(H,28,33)(H,29,35). The minimum Gasteiger partial charge on any atom is -0.467 e. The summed E-state index contributed by atoms with van der Waals surface area (Å²) in [6, 6.07) is 15.1. The lowest BCUT2D eigenvalue weighted by Gasteiger charge is -2.40. The molecular weight excluding hydrogens is 467 g/mol. The molecule has 9 heteroatoms. The van der Waals surface area contributed by atoms with Crippen LogP contribution in [0.4, 0.5) is 14.9 Å². The van der Waals surface area contributed by atoms with Crippen molar-refractivity contribution in [2.45, 2.75) is 31.7 Å². The summed E-state index contributed by atoms with van der Waals surface area (Å²) in [5.41, 5.74) is 1.35. The van der Waals surface area contributed by atoms with Crippen LogP contribution in [0.3, 0.4) is 0 Å². The number of esters is 1. The highest BCUT2D eigenvalue weighted by atomic mass is 32.1. The number of piperidine rings is 1. The van der Waals surface area contributed by atoms with Crippen molar-refractivity contribution in [3.8, 4) is 0 Å². The number of methoxy groups -OCH3 is 1. The highest BCUT2D eigenvalue weighted by molar-refractivity contribution is 7.80. The maximum atomic E-state index is 13.9. The first kappa shape index (κ1) is 24.9. The molecule has 2 fully saturated rings. The predicted molar refractivity (Wildman–Crippen MR) is 137 cm³/mol. The van der Waals surface area contributed by atoms with E-state index in [4.69, 9.17) is 17.0 Å². The zero-order valence-electron chi connectivity index (χ0n) is 19.8. The second kappa shape index (κ2) is 11.0. The summed E-state index contributed by atoms with van der Waals surface area (Å²) in [4.78, 5) is 29.2. The quantitative estimate of drug-likeness (QED) is 0.483. The molecule has 2 saturated heterocycles. The van der Waals surface area contributed by atoms with Gasteiger partial charge in [-0.15, -0.1) is 0 Å². The second-order valence-corrected chi connectivity index (χ2v) is 9.67. The van der Waals surface area contributed by atoms with E-state index in [1.54, 1.807) is 23.1 Å². The molecule has 2 amide bonds. The summed E-state index contributed by atoms with van der Waals surface area (Å²) >= 11 is 5.51. The highest BCUT2D eigenvalue weighted by Crippen LogP contribution is 2.40. The third-order valence-electron chi connectivity index (χ3n) is 7.02. The minimum atomic E-state index is -0.741. The number of anilines is 1. The monoisotopic (exact) mass is 498 g/mol. The third kappa shape index (κ3) is 6.08.